The second-order valence-electron chi connectivity index (χ2n) is 9.72. The molecule has 10 nitrogen and oxygen atoms in total. The van der Waals surface area contributed by atoms with Gasteiger partial charge in [0.25, 0.3) is 5.69 Å². The Bertz CT molecular complexity index is 1250. The highest BCUT2D eigenvalue weighted by atomic mass is 16.6. The van der Waals surface area contributed by atoms with Gasteiger partial charge in [-0.05, 0) is 29.7 Å². The number of aliphatic hydroxyl groups is 1. The SMILES string of the molecule is O=C(NC(Cc1ccc([N+](=O)[O-])cc1)C(=O)N1CCN(c2ccccc2)CC1)N(CCO)CCc1ccccc1. The number of piperazine rings is 1. The van der Waals surface area contributed by atoms with Gasteiger partial charge in [-0.15, -0.1) is 0 Å². The molecule has 0 aliphatic carbocycles. The molecule has 0 spiro atoms. The van der Waals surface area contributed by atoms with Crippen molar-refractivity contribution in [1.82, 2.24) is 15.1 Å². The normalized spacial score (nSPS) is 13.9. The van der Waals surface area contributed by atoms with Crippen molar-refractivity contribution in [2.45, 2.75) is 18.9 Å². The monoisotopic (exact) mass is 545 g/mol. The lowest BCUT2D eigenvalue weighted by Gasteiger charge is -2.38. The zero-order chi connectivity index (χ0) is 28.3. The molecule has 210 valence electrons. The number of rotatable bonds is 11. The van der Waals surface area contributed by atoms with Crippen LogP contribution in [0.4, 0.5) is 16.2 Å². The summed E-state index contributed by atoms with van der Waals surface area (Å²) in [6, 6.07) is 24.5. The molecule has 10 heteroatoms. The number of benzene rings is 3. The number of nitro groups is 1. The number of nitrogens with one attached hydrogen (secondary N) is 1. The number of hydrogen-bond donors (Lipinski definition) is 2. The van der Waals surface area contributed by atoms with Gasteiger partial charge in [0.05, 0.1) is 11.5 Å². The Morgan fingerprint density at radius 1 is 0.875 bits per heavy atom. The summed E-state index contributed by atoms with van der Waals surface area (Å²) in [5.74, 6) is -0.202. The molecule has 0 saturated carbocycles. The number of nitrogens with zero attached hydrogens (tertiary/aromatic N) is 4. The minimum absolute atomic E-state index is 0.0391. The van der Waals surface area contributed by atoms with Gasteiger partial charge in [-0.25, -0.2) is 4.79 Å². The summed E-state index contributed by atoms with van der Waals surface area (Å²) in [5, 5.41) is 23.6. The van der Waals surface area contributed by atoms with E-state index in [9.17, 15) is 24.8 Å². The molecule has 1 fully saturated rings. The molecule has 1 atom stereocenters. The van der Waals surface area contributed by atoms with Crippen molar-refractivity contribution >= 4 is 23.3 Å². The Balaban J connectivity index is 1.46. The van der Waals surface area contributed by atoms with Crippen LogP contribution in [0.25, 0.3) is 0 Å². The fourth-order valence-corrected chi connectivity index (χ4v) is 4.82. The molecule has 0 aromatic heterocycles. The second kappa shape index (κ2) is 14.1. The third-order valence-electron chi connectivity index (χ3n) is 7.07. The van der Waals surface area contributed by atoms with E-state index in [0.29, 0.717) is 44.7 Å². The van der Waals surface area contributed by atoms with Gasteiger partial charge < -0.3 is 25.1 Å². The van der Waals surface area contributed by atoms with Gasteiger partial charge in [-0.2, -0.15) is 0 Å². The molecule has 4 rings (SSSR count). The molecule has 1 aliphatic heterocycles. The predicted octanol–water partition coefficient (Wildman–Crippen LogP) is 3.10. The van der Waals surface area contributed by atoms with Crippen LogP contribution in [-0.2, 0) is 17.6 Å². The summed E-state index contributed by atoms with van der Waals surface area (Å²) in [7, 11) is 0. The summed E-state index contributed by atoms with van der Waals surface area (Å²) >= 11 is 0. The van der Waals surface area contributed by atoms with Gasteiger partial charge in [0, 0.05) is 63.5 Å². The van der Waals surface area contributed by atoms with Crippen molar-refractivity contribution in [3.8, 4) is 0 Å². The Labute approximate surface area is 234 Å². The summed E-state index contributed by atoms with van der Waals surface area (Å²) in [6.45, 7) is 2.66. The minimum Gasteiger partial charge on any atom is -0.395 e. The Morgan fingerprint density at radius 2 is 1.50 bits per heavy atom. The van der Waals surface area contributed by atoms with Crippen molar-refractivity contribution in [3.63, 3.8) is 0 Å². The lowest BCUT2D eigenvalue weighted by atomic mass is 10.0. The number of carbonyl (C=O) groups is 2. The van der Waals surface area contributed by atoms with E-state index in [1.807, 2.05) is 60.7 Å². The number of nitro benzene ring substituents is 1. The number of hydrogen-bond acceptors (Lipinski definition) is 6. The molecule has 3 amide bonds. The summed E-state index contributed by atoms with van der Waals surface area (Å²) in [6.07, 6.45) is 0.795. The zero-order valence-electron chi connectivity index (χ0n) is 22.4. The Hall–Kier alpha value is -4.44. The molecule has 0 bridgehead atoms. The molecule has 3 aromatic rings. The van der Waals surface area contributed by atoms with Crippen molar-refractivity contribution in [2.24, 2.45) is 0 Å². The highest BCUT2D eigenvalue weighted by molar-refractivity contribution is 5.87. The molecule has 1 aliphatic rings. The van der Waals surface area contributed by atoms with Gasteiger partial charge in [0.1, 0.15) is 6.04 Å². The number of aliphatic hydroxyl groups excluding tert-OH is 1. The van der Waals surface area contributed by atoms with E-state index >= 15 is 0 Å². The van der Waals surface area contributed by atoms with E-state index in [-0.39, 0.29) is 31.2 Å². The maximum Gasteiger partial charge on any atom is 0.318 e. The third-order valence-corrected chi connectivity index (χ3v) is 7.07. The maximum atomic E-state index is 13.7. The quantitative estimate of drug-likeness (QED) is 0.282. The van der Waals surface area contributed by atoms with Gasteiger partial charge >= 0.3 is 6.03 Å². The second-order valence-corrected chi connectivity index (χ2v) is 9.72. The van der Waals surface area contributed by atoms with E-state index in [0.717, 1.165) is 11.3 Å². The third kappa shape index (κ3) is 7.79. The molecule has 3 aromatic carbocycles. The average molecular weight is 546 g/mol. The number of para-hydroxylation sites is 1. The fraction of sp³-hybridized carbons (Fsp3) is 0.333. The molecule has 1 unspecified atom stereocenters. The van der Waals surface area contributed by atoms with Gasteiger partial charge in [-0.1, -0.05) is 60.7 Å². The van der Waals surface area contributed by atoms with Crippen LogP contribution in [-0.4, -0.2) is 83.7 Å². The van der Waals surface area contributed by atoms with Crippen molar-refractivity contribution in [1.29, 1.82) is 0 Å². The van der Waals surface area contributed by atoms with Crippen molar-refractivity contribution in [2.75, 3.05) is 50.8 Å². The van der Waals surface area contributed by atoms with Crippen LogP contribution < -0.4 is 10.2 Å². The highest BCUT2D eigenvalue weighted by Crippen LogP contribution is 2.18. The molecular formula is C30H35N5O5. The van der Waals surface area contributed by atoms with Crippen LogP contribution in [0.1, 0.15) is 11.1 Å². The Kier molecular flexibility index (Phi) is 10.1. The first-order valence-electron chi connectivity index (χ1n) is 13.5. The predicted molar refractivity (Wildman–Crippen MR) is 153 cm³/mol. The van der Waals surface area contributed by atoms with Crippen LogP contribution in [0.15, 0.2) is 84.9 Å². The number of carbonyl (C=O) groups excluding carboxylic acids is 2. The molecule has 0 radical (unpaired) electrons. The molecule has 1 heterocycles. The lowest BCUT2D eigenvalue weighted by molar-refractivity contribution is -0.384. The smallest absolute Gasteiger partial charge is 0.318 e. The van der Waals surface area contributed by atoms with Gasteiger partial charge in [-0.3, -0.25) is 14.9 Å². The largest absolute Gasteiger partial charge is 0.395 e. The first-order chi connectivity index (χ1) is 19.4. The first-order valence-corrected chi connectivity index (χ1v) is 13.5. The fourth-order valence-electron chi connectivity index (χ4n) is 4.82. The minimum atomic E-state index is -0.866. The van der Waals surface area contributed by atoms with E-state index < -0.39 is 17.0 Å². The zero-order valence-corrected chi connectivity index (χ0v) is 22.4. The van der Waals surface area contributed by atoms with E-state index in [1.165, 1.54) is 17.0 Å². The lowest BCUT2D eigenvalue weighted by Crippen LogP contribution is -2.57. The van der Waals surface area contributed by atoms with Crippen LogP contribution >= 0.6 is 0 Å². The Morgan fingerprint density at radius 3 is 2.10 bits per heavy atom. The topological polar surface area (TPSA) is 119 Å². The molecule has 1 saturated heterocycles. The number of non-ortho nitro benzene ring substituents is 1. The molecule has 2 N–H and O–H groups in total. The van der Waals surface area contributed by atoms with Gasteiger partial charge in [0.15, 0.2) is 0 Å². The average Bonchev–Trinajstić information content (AvgIpc) is 3.00. The van der Waals surface area contributed by atoms with Gasteiger partial charge in [0.2, 0.25) is 5.91 Å². The van der Waals surface area contributed by atoms with E-state index in [2.05, 4.69) is 10.2 Å². The van der Waals surface area contributed by atoms with Crippen LogP contribution in [0.5, 0.6) is 0 Å². The van der Waals surface area contributed by atoms with Crippen molar-refractivity contribution < 1.29 is 19.6 Å². The number of urea groups is 1. The standard InChI is InChI=1S/C30H35N5O5/c36-22-21-34(16-15-24-7-3-1-4-8-24)30(38)31-28(23-25-11-13-27(14-12-25)35(39)40)29(37)33-19-17-32(18-20-33)26-9-5-2-6-10-26/h1-14,28,36H,15-23H2,(H,31,38). The maximum absolute atomic E-state index is 13.7. The molecule has 40 heavy (non-hydrogen) atoms. The first kappa shape index (κ1) is 28.6. The van der Waals surface area contributed by atoms with E-state index in [4.69, 9.17) is 0 Å². The van der Waals surface area contributed by atoms with E-state index in [1.54, 1.807) is 17.0 Å². The summed E-state index contributed by atoms with van der Waals surface area (Å²) in [4.78, 5) is 43.2. The number of amides is 3. The highest BCUT2D eigenvalue weighted by Gasteiger charge is 2.30. The number of anilines is 1. The molecular weight excluding hydrogens is 510 g/mol. The van der Waals surface area contributed by atoms with Crippen LogP contribution in [0.3, 0.4) is 0 Å². The summed E-state index contributed by atoms with van der Waals surface area (Å²) in [5.41, 5.74) is 2.82. The van der Waals surface area contributed by atoms with Crippen molar-refractivity contribution in [3.05, 3.63) is 106 Å². The van der Waals surface area contributed by atoms with Crippen LogP contribution in [0.2, 0.25) is 0 Å². The van der Waals surface area contributed by atoms with Crippen LogP contribution in [0, 0.1) is 10.1 Å². The summed E-state index contributed by atoms with van der Waals surface area (Å²) < 4.78 is 0.